The Hall–Kier alpha value is -0.570. The number of hydrogen-bond acceptors (Lipinski definition) is 2. The average Bonchev–Trinajstić information content (AvgIpc) is 1.60. The molecule has 0 aliphatic carbocycles. The molecule has 0 amide bonds. The molecule has 52 valence electrons. The van der Waals surface area contributed by atoms with E-state index in [1.165, 1.54) is 0 Å². The lowest BCUT2D eigenvalue weighted by molar-refractivity contribution is 0.332. The highest BCUT2D eigenvalue weighted by Gasteiger charge is 2.15. The molecule has 4 N–H and O–H groups in total. The first-order valence-electron chi connectivity index (χ1n) is 3.32. The second-order valence-electron chi connectivity index (χ2n) is 2.59. The van der Waals surface area contributed by atoms with Crippen molar-refractivity contribution in [1.82, 2.24) is 5.32 Å². The molecule has 0 bridgehead atoms. The molecule has 1 fully saturated rings. The number of nitrogens with two attached hydrogens (primary N) is 1. The summed E-state index contributed by atoms with van der Waals surface area (Å²) in [5.41, 5.74) is 5.18. The molecule has 1 aliphatic heterocycles. The maximum atomic E-state index is 6.94. The van der Waals surface area contributed by atoms with E-state index >= 15 is 0 Å². The summed E-state index contributed by atoms with van der Waals surface area (Å²) in [6.07, 6.45) is 1.86. The molecule has 9 heavy (non-hydrogen) atoms. The molecule has 0 aromatic rings. The lowest BCUT2D eigenvalue weighted by atomic mass is 9.97. The van der Waals surface area contributed by atoms with Crippen LogP contribution in [0.2, 0.25) is 0 Å². The Bertz CT molecular complexity index is 107. The molecular formula is C6H13N3. The molecule has 0 spiro atoms. The SMILES string of the molecule is N=C(N)CCC1CNC1. The van der Waals surface area contributed by atoms with Gasteiger partial charge in [-0.15, -0.1) is 0 Å². The van der Waals surface area contributed by atoms with Gasteiger partial charge >= 0.3 is 0 Å². The van der Waals surface area contributed by atoms with E-state index in [2.05, 4.69) is 5.32 Å². The van der Waals surface area contributed by atoms with Crippen LogP contribution in [0.1, 0.15) is 12.8 Å². The van der Waals surface area contributed by atoms with Gasteiger partial charge < -0.3 is 11.1 Å². The van der Waals surface area contributed by atoms with Gasteiger partial charge in [-0.3, -0.25) is 5.41 Å². The second-order valence-corrected chi connectivity index (χ2v) is 2.59. The molecule has 1 saturated heterocycles. The van der Waals surface area contributed by atoms with Gasteiger partial charge in [0.25, 0.3) is 0 Å². The maximum Gasteiger partial charge on any atom is 0.0905 e. The van der Waals surface area contributed by atoms with Crippen LogP contribution in [0.25, 0.3) is 0 Å². The van der Waals surface area contributed by atoms with E-state index in [4.69, 9.17) is 11.1 Å². The van der Waals surface area contributed by atoms with Gasteiger partial charge in [-0.25, -0.2) is 0 Å². The summed E-state index contributed by atoms with van der Waals surface area (Å²) >= 11 is 0. The van der Waals surface area contributed by atoms with E-state index in [1.807, 2.05) is 0 Å². The molecule has 1 heterocycles. The van der Waals surface area contributed by atoms with Crippen molar-refractivity contribution in [2.24, 2.45) is 11.7 Å². The number of amidine groups is 1. The molecule has 0 radical (unpaired) electrons. The van der Waals surface area contributed by atoms with Crippen molar-refractivity contribution in [2.75, 3.05) is 13.1 Å². The fraction of sp³-hybridized carbons (Fsp3) is 0.833. The maximum absolute atomic E-state index is 6.94. The predicted molar refractivity (Wildman–Crippen MR) is 37.5 cm³/mol. The third-order valence-electron chi connectivity index (χ3n) is 1.69. The van der Waals surface area contributed by atoms with Crippen molar-refractivity contribution in [3.63, 3.8) is 0 Å². The molecule has 0 aromatic heterocycles. The standard InChI is InChI=1S/C6H13N3/c7-6(8)2-1-5-3-9-4-5/h5,9H,1-4H2,(H3,7,8). The van der Waals surface area contributed by atoms with Crippen LogP contribution in [0, 0.1) is 11.3 Å². The summed E-state index contributed by atoms with van der Waals surface area (Å²) in [5.74, 6) is 1.11. The molecule has 0 unspecified atom stereocenters. The van der Waals surface area contributed by atoms with E-state index in [-0.39, 0.29) is 0 Å². The molecule has 1 rings (SSSR count). The van der Waals surface area contributed by atoms with Crippen LogP contribution in [0.15, 0.2) is 0 Å². The fourth-order valence-corrected chi connectivity index (χ4v) is 0.912. The first kappa shape index (κ1) is 6.55. The highest BCUT2D eigenvalue weighted by Crippen LogP contribution is 2.09. The average molecular weight is 127 g/mol. The molecule has 3 heteroatoms. The monoisotopic (exact) mass is 127 g/mol. The first-order chi connectivity index (χ1) is 4.29. The van der Waals surface area contributed by atoms with Gasteiger partial charge in [-0.05, 0) is 25.4 Å². The minimum Gasteiger partial charge on any atom is -0.388 e. The topological polar surface area (TPSA) is 61.9 Å². The van der Waals surface area contributed by atoms with Crippen LogP contribution in [0.3, 0.4) is 0 Å². The van der Waals surface area contributed by atoms with Crippen LogP contribution < -0.4 is 11.1 Å². The van der Waals surface area contributed by atoms with Gasteiger partial charge in [0.05, 0.1) is 5.84 Å². The Kier molecular flexibility index (Phi) is 2.05. The molecule has 3 nitrogen and oxygen atoms in total. The van der Waals surface area contributed by atoms with Crippen molar-refractivity contribution < 1.29 is 0 Å². The Morgan fingerprint density at radius 3 is 2.67 bits per heavy atom. The van der Waals surface area contributed by atoms with Gasteiger partial charge in [-0.2, -0.15) is 0 Å². The summed E-state index contributed by atoms with van der Waals surface area (Å²) < 4.78 is 0. The Labute approximate surface area is 55.1 Å². The third kappa shape index (κ3) is 2.01. The van der Waals surface area contributed by atoms with Crippen molar-refractivity contribution in [2.45, 2.75) is 12.8 Å². The van der Waals surface area contributed by atoms with Crippen molar-refractivity contribution >= 4 is 5.84 Å². The zero-order valence-corrected chi connectivity index (χ0v) is 5.48. The van der Waals surface area contributed by atoms with Gasteiger partial charge in [0.15, 0.2) is 0 Å². The van der Waals surface area contributed by atoms with Crippen molar-refractivity contribution in [3.05, 3.63) is 0 Å². The van der Waals surface area contributed by atoms with E-state index in [0.29, 0.717) is 5.84 Å². The molecular weight excluding hydrogens is 114 g/mol. The number of nitrogens with one attached hydrogen (secondary N) is 2. The molecule has 0 atom stereocenters. The smallest absolute Gasteiger partial charge is 0.0905 e. The van der Waals surface area contributed by atoms with E-state index < -0.39 is 0 Å². The molecule has 1 aliphatic rings. The Morgan fingerprint density at radius 2 is 2.33 bits per heavy atom. The Morgan fingerprint density at radius 1 is 1.67 bits per heavy atom. The van der Waals surface area contributed by atoms with Crippen LogP contribution >= 0.6 is 0 Å². The predicted octanol–water partition coefficient (Wildman–Crippen LogP) is -0.0780. The highest BCUT2D eigenvalue weighted by molar-refractivity contribution is 5.76. The zero-order chi connectivity index (χ0) is 6.69. The Balaban J connectivity index is 1.97. The summed E-state index contributed by atoms with van der Waals surface area (Å²) in [6, 6.07) is 0. The number of hydrogen-bond donors (Lipinski definition) is 3. The van der Waals surface area contributed by atoms with E-state index in [1.54, 1.807) is 0 Å². The van der Waals surface area contributed by atoms with Crippen LogP contribution in [-0.2, 0) is 0 Å². The highest BCUT2D eigenvalue weighted by atomic mass is 14.9. The zero-order valence-electron chi connectivity index (χ0n) is 5.48. The minimum absolute atomic E-state index is 0.321. The third-order valence-corrected chi connectivity index (χ3v) is 1.69. The molecule has 0 saturated carbocycles. The first-order valence-corrected chi connectivity index (χ1v) is 3.32. The summed E-state index contributed by atoms with van der Waals surface area (Å²) in [5, 5.41) is 10.1. The minimum atomic E-state index is 0.321. The van der Waals surface area contributed by atoms with Crippen LogP contribution in [0.4, 0.5) is 0 Å². The molecule has 0 aromatic carbocycles. The quantitative estimate of drug-likeness (QED) is 0.367. The normalized spacial score (nSPS) is 19.1. The largest absolute Gasteiger partial charge is 0.388 e. The van der Waals surface area contributed by atoms with Gasteiger partial charge in [0, 0.05) is 6.42 Å². The number of rotatable bonds is 3. The summed E-state index contributed by atoms with van der Waals surface area (Å²) in [7, 11) is 0. The van der Waals surface area contributed by atoms with Crippen LogP contribution in [-0.4, -0.2) is 18.9 Å². The van der Waals surface area contributed by atoms with Crippen molar-refractivity contribution in [1.29, 1.82) is 5.41 Å². The second kappa shape index (κ2) is 2.82. The lowest BCUT2D eigenvalue weighted by Gasteiger charge is -2.26. The fourth-order valence-electron chi connectivity index (χ4n) is 0.912. The summed E-state index contributed by atoms with van der Waals surface area (Å²) in [4.78, 5) is 0. The lowest BCUT2D eigenvalue weighted by Crippen LogP contribution is -2.42. The summed E-state index contributed by atoms with van der Waals surface area (Å²) in [6.45, 7) is 2.24. The van der Waals surface area contributed by atoms with E-state index in [9.17, 15) is 0 Å². The van der Waals surface area contributed by atoms with E-state index in [0.717, 1.165) is 31.8 Å². The van der Waals surface area contributed by atoms with Crippen LogP contribution in [0.5, 0.6) is 0 Å². The van der Waals surface area contributed by atoms with Gasteiger partial charge in [-0.1, -0.05) is 0 Å². The van der Waals surface area contributed by atoms with Gasteiger partial charge in [0.1, 0.15) is 0 Å². The van der Waals surface area contributed by atoms with Crippen molar-refractivity contribution in [3.8, 4) is 0 Å². The van der Waals surface area contributed by atoms with Gasteiger partial charge in [0.2, 0.25) is 0 Å².